The van der Waals surface area contributed by atoms with Gasteiger partial charge < -0.3 is 15.0 Å². The van der Waals surface area contributed by atoms with E-state index in [4.69, 9.17) is 9.72 Å². The van der Waals surface area contributed by atoms with Crippen LogP contribution in [0.15, 0.2) is 24.3 Å². The lowest BCUT2D eigenvalue weighted by atomic mass is 10.1. The lowest BCUT2D eigenvalue weighted by Gasteiger charge is -2.19. The first-order valence-electron chi connectivity index (χ1n) is 8.97. The largest absolute Gasteiger partial charge is 0.465 e. The van der Waals surface area contributed by atoms with Crippen LogP contribution < -0.4 is 10.2 Å². The number of thiophene rings is 1. The van der Waals surface area contributed by atoms with E-state index in [0.717, 1.165) is 30.6 Å². The predicted molar refractivity (Wildman–Crippen MR) is 114 cm³/mol. The summed E-state index contributed by atoms with van der Waals surface area (Å²) in [5.41, 5.74) is 2.27. The first kappa shape index (κ1) is 20.4. The first-order chi connectivity index (χ1) is 13.3. The van der Waals surface area contributed by atoms with Crippen molar-refractivity contribution in [1.82, 2.24) is 4.98 Å². The van der Waals surface area contributed by atoms with Crippen molar-refractivity contribution in [2.75, 3.05) is 26.0 Å². The van der Waals surface area contributed by atoms with Gasteiger partial charge in [-0.3, -0.25) is 4.79 Å². The Kier molecular flexibility index (Phi) is 6.12. The van der Waals surface area contributed by atoms with Gasteiger partial charge in [-0.15, -0.1) is 22.7 Å². The molecule has 0 bridgehead atoms. The number of amides is 1. The fourth-order valence-corrected chi connectivity index (χ4v) is 5.10. The number of para-hydroxylation sites is 1. The van der Waals surface area contributed by atoms with Gasteiger partial charge in [0, 0.05) is 4.88 Å². The molecule has 2 atom stereocenters. The van der Waals surface area contributed by atoms with Gasteiger partial charge in [-0.2, -0.15) is 0 Å². The second-order valence-corrected chi connectivity index (χ2v) is 9.08. The van der Waals surface area contributed by atoms with Gasteiger partial charge in [0.2, 0.25) is 0 Å². The van der Waals surface area contributed by atoms with Crippen molar-refractivity contribution in [1.29, 1.82) is 0 Å². The van der Waals surface area contributed by atoms with Crippen LogP contribution >= 0.6 is 22.7 Å². The molecule has 0 spiro atoms. The zero-order valence-corrected chi connectivity index (χ0v) is 18.2. The number of rotatable bonds is 6. The minimum absolute atomic E-state index is 0.0787. The fourth-order valence-electron chi connectivity index (χ4n) is 2.93. The molecule has 1 unspecified atom stereocenters. The highest BCUT2D eigenvalue weighted by Crippen LogP contribution is 2.32. The molecule has 3 aromatic rings. The van der Waals surface area contributed by atoms with Crippen LogP contribution in [0, 0.1) is 13.8 Å². The monoisotopic (exact) mass is 418 g/mol. The minimum atomic E-state index is -0.430. The molecule has 0 saturated heterocycles. The molecule has 2 heterocycles. The van der Waals surface area contributed by atoms with Crippen molar-refractivity contribution in [2.45, 2.75) is 26.8 Å². The number of quaternary nitrogens is 1. The maximum atomic E-state index is 12.6. The summed E-state index contributed by atoms with van der Waals surface area (Å²) in [6.07, 6.45) is 0. The fraction of sp³-hybridized carbons (Fsp3) is 0.350. The third kappa shape index (κ3) is 4.09. The Balaban J connectivity index is 1.71. The quantitative estimate of drug-likeness (QED) is 0.604. The summed E-state index contributed by atoms with van der Waals surface area (Å²) in [6.45, 7) is 6.13. The van der Waals surface area contributed by atoms with Gasteiger partial charge in [0.05, 0.1) is 29.9 Å². The van der Waals surface area contributed by atoms with E-state index in [9.17, 15) is 9.59 Å². The SMILES string of the molecule is COC(=O)c1c(NC(=O)C[NH+](C)[C@H](C)c2nc3ccccc3s2)sc(C)c1C. The van der Waals surface area contributed by atoms with E-state index in [1.54, 1.807) is 11.3 Å². The number of hydrogen-bond acceptors (Lipinski definition) is 6. The van der Waals surface area contributed by atoms with Crippen molar-refractivity contribution in [3.63, 3.8) is 0 Å². The summed E-state index contributed by atoms with van der Waals surface area (Å²) >= 11 is 3.05. The zero-order valence-electron chi connectivity index (χ0n) is 16.6. The van der Waals surface area contributed by atoms with Gasteiger partial charge in [-0.1, -0.05) is 12.1 Å². The van der Waals surface area contributed by atoms with Crippen molar-refractivity contribution in [3.8, 4) is 0 Å². The van der Waals surface area contributed by atoms with Crippen molar-refractivity contribution >= 4 is 49.8 Å². The Morgan fingerprint density at radius 1 is 1.25 bits per heavy atom. The summed E-state index contributed by atoms with van der Waals surface area (Å²) in [6, 6.07) is 8.11. The van der Waals surface area contributed by atoms with Crippen LogP contribution in [0.4, 0.5) is 5.00 Å². The molecule has 0 aliphatic heterocycles. The molecule has 0 aliphatic carbocycles. The number of methoxy groups -OCH3 is 1. The zero-order chi connectivity index (χ0) is 20.4. The maximum Gasteiger partial charge on any atom is 0.341 e. The van der Waals surface area contributed by atoms with E-state index in [2.05, 4.69) is 18.3 Å². The van der Waals surface area contributed by atoms with Gasteiger partial charge in [0.15, 0.2) is 11.6 Å². The molecule has 2 N–H and O–H groups in total. The summed E-state index contributed by atoms with van der Waals surface area (Å²) in [4.78, 5) is 31.4. The number of aryl methyl sites for hydroxylation is 1. The summed E-state index contributed by atoms with van der Waals surface area (Å²) in [5, 5.41) is 4.44. The number of likely N-dealkylation sites (N-methyl/N-ethyl adjacent to an activating group) is 1. The number of carbonyl (C=O) groups excluding carboxylic acids is 2. The molecular weight excluding hydrogens is 394 g/mol. The summed E-state index contributed by atoms with van der Waals surface area (Å²) in [7, 11) is 3.32. The number of esters is 1. The van der Waals surface area contributed by atoms with Crippen LogP contribution in [0.25, 0.3) is 10.2 Å². The Bertz CT molecular complexity index is 992. The number of thiazole rings is 1. The first-order valence-corrected chi connectivity index (χ1v) is 10.6. The molecule has 0 aliphatic rings. The summed E-state index contributed by atoms with van der Waals surface area (Å²) in [5.74, 6) is -0.572. The Labute approximate surface area is 172 Å². The van der Waals surface area contributed by atoms with Gasteiger partial charge in [0.1, 0.15) is 11.0 Å². The lowest BCUT2D eigenvalue weighted by molar-refractivity contribution is -0.902. The van der Waals surface area contributed by atoms with Crippen LogP contribution in [0.5, 0.6) is 0 Å². The third-order valence-corrected chi connectivity index (χ3v) is 7.23. The molecule has 8 heteroatoms. The molecule has 3 rings (SSSR count). The van der Waals surface area contributed by atoms with Crippen LogP contribution in [0.2, 0.25) is 0 Å². The molecular formula is C20H24N3O3S2+. The molecule has 2 aromatic heterocycles. The average molecular weight is 419 g/mol. The van der Waals surface area contributed by atoms with E-state index in [1.165, 1.54) is 18.4 Å². The number of benzene rings is 1. The number of nitrogens with one attached hydrogen (secondary N) is 2. The topological polar surface area (TPSA) is 72.7 Å². The minimum Gasteiger partial charge on any atom is -0.465 e. The molecule has 1 aromatic carbocycles. The molecule has 0 saturated carbocycles. The molecule has 0 radical (unpaired) electrons. The van der Waals surface area contributed by atoms with Crippen molar-refractivity contribution in [3.05, 3.63) is 45.3 Å². The van der Waals surface area contributed by atoms with Crippen LogP contribution in [-0.2, 0) is 9.53 Å². The molecule has 148 valence electrons. The number of carbonyl (C=O) groups is 2. The highest BCUT2D eigenvalue weighted by Gasteiger charge is 2.25. The third-order valence-electron chi connectivity index (χ3n) is 4.89. The Morgan fingerprint density at radius 3 is 2.64 bits per heavy atom. The second-order valence-electron chi connectivity index (χ2n) is 6.79. The molecule has 28 heavy (non-hydrogen) atoms. The second kappa shape index (κ2) is 8.38. The maximum absolute atomic E-state index is 12.6. The van der Waals surface area contributed by atoms with Gasteiger partial charge in [0.25, 0.3) is 5.91 Å². The number of hydrogen-bond donors (Lipinski definition) is 2. The number of aromatic nitrogens is 1. The molecule has 1 amide bonds. The number of nitrogens with zero attached hydrogens (tertiary/aromatic N) is 1. The van der Waals surface area contributed by atoms with Crippen LogP contribution in [-0.4, -0.2) is 37.6 Å². The van der Waals surface area contributed by atoms with E-state index in [1.807, 2.05) is 39.1 Å². The van der Waals surface area contributed by atoms with Gasteiger partial charge in [-0.25, -0.2) is 9.78 Å². The van der Waals surface area contributed by atoms with E-state index >= 15 is 0 Å². The lowest BCUT2D eigenvalue weighted by Crippen LogP contribution is -3.10. The summed E-state index contributed by atoms with van der Waals surface area (Å²) < 4.78 is 6.01. The predicted octanol–water partition coefficient (Wildman–Crippen LogP) is 2.98. The number of anilines is 1. The van der Waals surface area contributed by atoms with E-state index < -0.39 is 5.97 Å². The Hall–Kier alpha value is -2.29. The Morgan fingerprint density at radius 2 is 1.96 bits per heavy atom. The number of fused-ring (bicyclic) bond motifs is 1. The van der Waals surface area contributed by atoms with E-state index in [-0.39, 0.29) is 18.5 Å². The molecule has 6 nitrogen and oxygen atoms in total. The average Bonchev–Trinajstić information content (AvgIpc) is 3.21. The molecule has 0 fully saturated rings. The van der Waals surface area contributed by atoms with Crippen molar-refractivity contribution < 1.29 is 19.2 Å². The van der Waals surface area contributed by atoms with Gasteiger partial charge in [-0.05, 0) is 38.5 Å². The standard InChI is InChI=1S/C20H23N3O3S2/c1-11-13(3)27-19(17(11)20(25)26-5)22-16(24)10-23(4)12(2)18-21-14-8-6-7-9-15(14)28-18/h6-9,12H,10H2,1-5H3,(H,22,24)/p+1/t12-/m1/s1. The highest BCUT2D eigenvalue weighted by atomic mass is 32.1. The van der Waals surface area contributed by atoms with E-state index in [0.29, 0.717) is 10.6 Å². The van der Waals surface area contributed by atoms with Crippen LogP contribution in [0.3, 0.4) is 0 Å². The number of ether oxygens (including phenoxy) is 1. The van der Waals surface area contributed by atoms with Gasteiger partial charge >= 0.3 is 5.97 Å². The van der Waals surface area contributed by atoms with Crippen LogP contribution in [0.1, 0.15) is 38.8 Å². The normalized spacial score (nSPS) is 13.3. The smallest absolute Gasteiger partial charge is 0.341 e. The van der Waals surface area contributed by atoms with Crippen molar-refractivity contribution in [2.24, 2.45) is 0 Å². The highest BCUT2D eigenvalue weighted by molar-refractivity contribution is 7.18.